The molecule has 2 N–H and O–H groups in total. The molecular weight excluding hydrogens is 328 g/mol. The Morgan fingerprint density at radius 3 is 2.54 bits per heavy atom. The van der Waals surface area contributed by atoms with Crippen LogP contribution < -0.4 is 10.0 Å². The molecule has 3 rings (SSSR count). The molecule has 0 spiro atoms. The molecule has 24 heavy (non-hydrogen) atoms. The quantitative estimate of drug-likeness (QED) is 0.732. The molecule has 0 amide bonds. The van der Waals surface area contributed by atoms with Crippen molar-refractivity contribution in [2.45, 2.75) is 23.5 Å². The summed E-state index contributed by atoms with van der Waals surface area (Å²) < 4.78 is 33.1. The van der Waals surface area contributed by atoms with Gasteiger partial charge in [-0.2, -0.15) is 5.26 Å². The van der Waals surface area contributed by atoms with Crippen LogP contribution in [0.1, 0.15) is 5.56 Å². The highest BCUT2D eigenvalue weighted by molar-refractivity contribution is 7.89. The van der Waals surface area contributed by atoms with Crippen LogP contribution >= 0.6 is 0 Å². The van der Waals surface area contributed by atoms with Crippen molar-refractivity contribution in [1.82, 2.24) is 14.9 Å². The zero-order valence-corrected chi connectivity index (χ0v) is 14.3. The van der Waals surface area contributed by atoms with Crippen LogP contribution in [0.3, 0.4) is 0 Å². The molecule has 2 unspecified atom stereocenters. The van der Waals surface area contributed by atoms with Crippen molar-refractivity contribution in [2.75, 3.05) is 39.3 Å². The third-order valence-electron chi connectivity index (χ3n) is 4.29. The van der Waals surface area contributed by atoms with E-state index in [0.717, 1.165) is 31.7 Å². The van der Waals surface area contributed by atoms with Gasteiger partial charge in [0.25, 0.3) is 0 Å². The molecule has 2 saturated heterocycles. The van der Waals surface area contributed by atoms with E-state index in [9.17, 15) is 8.42 Å². The first-order valence-corrected chi connectivity index (χ1v) is 9.59. The molecule has 0 aromatic heterocycles. The van der Waals surface area contributed by atoms with E-state index in [0.29, 0.717) is 13.1 Å². The lowest BCUT2D eigenvalue weighted by atomic mass is 10.1. The van der Waals surface area contributed by atoms with E-state index >= 15 is 0 Å². The lowest BCUT2D eigenvalue weighted by molar-refractivity contribution is -0.102. The standard InChI is InChI=1S/C16H22N4O3S/c17-6-5-13-1-3-16(4-2-13)24(21,22)19-7-8-20-11-14-9-18-10-15(12-20)23-14/h1-4,14-15,18-19H,5,7-12H2. The van der Waals surface area contributed by atoms with Gasteiger partial charge in [-0.15, -0.1) is 0 Å². The zero-order valence-electron chi connectivity index (χ0n) is 13.4. The van der Waals surface area contributed by atoms with Gasteiger partial charge in [0, 0.05) is 39.3 Å². The smallest absolute Gasteiger partial charge is 0.240 e. The molecule has 2 fully saturated rings. The zero-order chi connectivity index (χ0) is 17.0. The lowest BCUT2D eigenvalue weighted by Crippen LogP contribution is -2.59. The summed E-state index contributed by atoms with van der Waals surface area (Å²) >= 11 is 0. The molecule has 0 saturated carbocycles. The summed E-state index contributed by atoms with van der Waals surface area (Å²) in [5.74, 6) is 0. The summed E-state index contributed by atoms with van der Waals surface area (Å²) in [7, 11) is -3.51. The predicted molar refractivity (Wildman–Crippen MR) is 88.9 cm³/mol. The van der Waals surface area contributed by atoms with Crippen LogP contribution in [0.5, 0.6) is 0 Å². The van der Waals surface area contributed by atoms with Gasteiger partial charge in [0.2, 0.25) is 10.0 Å². The highest BCUT2D eigenvalue weighted by atomic mass is 32.2. The summed E-state index contributed by atoms with van der Waals surface area (Å²) in [5.41, 5.74) is 0.810. The topological polar surface area (TPSA) is 94.5 Å². The van der Waals surface area contributed by atoms with Crippen molar-refractivity contribution in [2.24, 2.45) is 0 Å². The maximum absolute atomic E-state index is 12.3. The molecule has 0 aliphatic carbocycles. The van der Waals surface area contributed by atoms with Crippen LogP contribution in [-0.2, 0) is 21.2 Å². The fourth-order valence-corrected chi connectivity index (χ4v) is 4.14. The van der Waals surface area contributed by atoms with Gasteiger partial charge in [-0.25, -0.2) is 13.1 Å². The van der Waals surface area contributed by atoms with Crippen molar-refractivity contribution in [1.29, 1.82) is 5.26 Å². The van der Waals surface area contributed by atoms with Gasteiger partial charge in [-0.3, -0.25) is 4.90 Å². The Labute approximate surface area is 142 Å². The van der Waals surface area contributed by atoms with Crippen molar-refractivity contribution in [3.63, 3.8) is 0 Å². The first kappa shape index (κ1) is 17.3. The molecule has 7 nitrogen and oxygen atoms in total. The average Bonchev–Trinajstić information content (AvgIpc) is 2.55. The van der Waals surface area contributed by atoms with Crippen LogP contribution in [0.4, 0.5) is 0 Å². The summed E-state index contributed by atoms with van der Waals surface area (Å²) in [4.78, 5) is 2.48. The number of sulfonamides is 1. The Kier molecular flexibility index (Phi) is 5.48. The fraction of sp³-hybridized carbons (Fsp3) is 0.562. The SMILES string of the molecule is N#CCc1ccc(S(=O)(=O)NCCN2CC3CNCC(C2)O3)cc1. The molecular formula is C16H22N4O3S. The minimum atomic E-state index is -3.51. The Hall–Kier alpha value is -1.50. The van der Waals surface area contributed by atoms with Gasteiger partial charge < -0.3 is 10.1 Å². The van der Waals surface area contributed by atoms with Gasteiger partial charge in [-0.05, 0) is 17.7 Å². The van der Waals surface area contributed by atoms with Gasteiger partial charge in [-0.1, -0.05) is 12.1 Å². The van der Waals surface area contributed by atoms with Gasteiger partial charge in [0.1, 0.15) is 0 Å². The number of fused-ring (bicyclic) bond motifs is 2. The van der Waals surface area contributed by atoms with E-state index in [1.165, 1.54) is 0 Å². The second-order valence-corrected chi connectivity index (χ2v) is 7.94. The number of benzene rings is 1. The Balaban J connectivity index is 1.51. The maximum Gasteiger partial charge on any atom is 0.240 e. The highest BCUT2D eigenvalue weighted by Crippen LogP contribution is 2.14. The first-order chi connectivity index (χ1) is 11.6. The van der Waals surface area contributed by atoms with Gasteiger partial charge >= 0.3 is 0 Å². The largest absolute Gasteiger partial charge is 0.370 e. The predicted octanol–water partition coefficient (Wildman–Crippen LogP) is -0.296. The molecule has 1 aromatic carbocycles. The summed E-state index contributed by atoms with van der Waals surface area (Å²) in [6.07, 6.45) is 0.672. The van der Waals surface area contributed by atoms with Crippen molar-refractivity contribution >= 4 is 10.0 Å². The molecule has 0 radical (unpaired) electrons. The van der Waals surface area contributed by atoms with Crippen LogP contribution in [-0.4, -0.2) is 64.8 Å². The van der Waals surface area contributed by atoms with E-state index in [-0.39, 0.29) is 23.5 Å². The molecule has 2 bridgehead atoms. The van der Waals surface area contributed by atoms with Gasteiger partial charge in [0.15, 0.2) is 0 Å². The van der Waals surface area contributed by atoms with E-state index in [1.54, 1.807) is 24.3 Å². The lowest BCUT2D eigenvalue weighted by Gasteiger charge is -2.41. The Morgan fingerprint density at radius 1 is 1.25 bits per heavy atom. The van der Waals surface area contributed by atoms with Gasteiger partial charge in [0.05, 0.1) is 29.6 Å². The summed E-state index contributed by atoms with van der Waals surface area (Å²) in [5, 5.41) is 12.0. The number of nitrogens with zero attached hydrogens (tertiary/aromatic N) is 2. The van der Waals surface area contributed by atoms with E-state index in [2.05, 4.69) is 14.9 Å². The average molecular weight is 350 g/mol. The highest BCUT2D eigenvalue weighted by Gasteiger charge is 2.30. The molecule has 2 aliphatic heterocycles. The number of hydrogen-bond donors (Lipinski definition) is 2. The maximum atomic E-state index is 12.3. The Bertz CT molecular complexity index is 687. The van der Waals surface area contributed by atoms with Crippen LogP contribution in [0.15, 0.2) is 29.2 Å². The summed E-state index contributed by atoms with van der Waals surface area (Å²) in [6, 6.07) is 8.48. The minimum Gasteiger partial charge on any atom is -0.370 e. The van der Waals surface area contributed by atoms with Crippen LogP contribution in [0.2, 0.25) is 0 Å². The number of rotatable bonds is 6. The minimum absolute atomic E-state index is 0.196. The number of hydrogen-bond acceptors (Lipinski definition) is 6. The molecule has 2 heterocycles. The monoisotopic (exact) mass is 350 g/mol. The third kappa shape index (κ3) is 4.32. The van der Waals surface area contributed by atoms with E-state index in [4.69, 9.17) is 10.00 Å². The number of morpholine rings is 2. The van der Waals surface area contributed by atoms with Crippen molar-refractivity contribution in [3.05, 3.63) is 29.8 Å². The molecule has 2 aliphatic rings. The number of ether oxygens (including phenoxy) is 1. The van der Waals surface area contributed by atoms with Crippen LogP contribution in [0.25, 0.3) is 0 Å². The third-order valence-corrected chi connectivity index (χ3v) is 5.77. The molecule has 130 valence electrons. The second kappa shape index (κ2) is 7.59. The number of nitriles is 1. The summed E-state index contributed by atoms with van der Waals surface area (Å²) in [6.45, 7) is 4.40. The number of nitrogens with one attached hydrogen (secondary N) is 2. The molecule has 2 atom stereocenters. The van der Waals surface area contributed by atoms with Crippen molar-refractivity contribution in [3.8, 4) is 6.07 Å². The Morgan fingerprint density at radius 2 is 1.92 bits per heavy atom. The first-order valence-electron chi connectivity index (χ1n) is 8.11. The van der Waals surface area contributed by atoms with E-state index < -0.39 is 10.0 Å². The molecule has 1 aromatic rings. The fourth-order valence-electron chi connectivity index (χ4n) is 3.12. The van der Waals surface area contributed by atoms with Crippen molar-refractivity contribution < 1.29 is 13.2 Å². The van der Waals surface area contributed by atoms with E-state index in [1.807, 2.05) is 6.07 Å². The van der Waals surface area contributed by atoms with Crippen LogP contribution in [0, 0.1) is 11.3 Å². The normalized spacial score (nSPS) is 24.5. The second-order valence-electron chi connectivity index (χ2n) is 6.17. The molecule has 8 heteroatoms.